The van der Waals surface area contributed by atoms with E-state index in [4.69, 9.17) is 28.9 Å². The van der Waals surface area contributed by atoms with Crippen LogP contribution in [0.25, 0.3) is 0 Å². The van der Waals surface area contributed by atoms with Gasteiger partial charge in [0.05, 0.1) is 16.6 Å². The van der Waals surface area contributed by atoms with Crippen LogP contribution in [0.2, 0.25) is 5.02 Å². The van der Waals surface area contributed by atoms with Crippen LogP contribution in [0.5, 0.6) is 0 Å². The normalized spacial score (nSPS) is 10.1. The van der Waals surface area contributed by atoms with Crippen molar-refractivity contribution < 1.29 is 9.18 Å². The molecular weight excluding hydrogens is 216 g/mol. The highest BCUT2D eigenvalue weighted by Gasteiger charge is 2.10. The number of ketones is 1. The maximum atomic E-state index is 12.9. The second kappa shape index (κ2) is 3.94. The third-order valence-electron chi connectivity index (χ3n) is 1.50. The molecule has 0 bridgehead atoms. The fraction of sp³-hybridized carbons (Fsp3) is 0.125. The second-order valence-electron chi connectivity index (χ2n) is 2.42. The summed E-state index contributed by atoms with van der Waals surface area (Å²) < 4.78 is 12.9. The largest absolute Gasteiger partial charge is 0.396 e. The number of hydrogen-bond donors (Lipinski definition) is 1. The van der Waals surface area contributed by atoms with Crippen LogP contribution in [0.15, 0.2) is 12.1 Å². The molecule has 0 saturated heterocycles. The standard InChI is InChI=1S/C8H6Cl2FNO/c9-3-7(13)4-1-5(10)8(11)6(12)2-4/h1-2H,3,12H2. The monoisotopic (exact) mass is 221 g/mol. The Kier molecular flexibility index (Phi) is 3.12. The molecule has 0 heterocycles. The highest BCUT2D eigenvalue weighted by atomic mass is 35.5. The number of hydrogen-bond acceptors (Lipinski definition) is 2. The van der Waals surface area contributed by atoms with Gasteiger partial charge in [-0.2, -0.15) is 0 Å². The summed E-state index contributed by atoms with van der Waals surface area (Å²) in [5.41, 5.74) is 5.33. The zero-order chi connectivity index (χ0) is 10.0. The molecule has 0 radical (unpaired) electrons. The van der Waals surface area contributed by atoms with Gasteiger partial charge < -0.3 is 5.73 Å². The van der Waals surface area contributed by atoms with E-state index in [1.54, 1.807) is 0 Å². The van der Waals surface area contributed by atoms with Crippen molar-refractivity contribution in [1.82, 2.24) is 0 Å². The molecule has 2 N–H and O–H groups in total. The van der Waals surface area contributed by atoms with E-state index in [1.807, 2.05) is 0 Å². The number of benzene rings is 1. The van der Waals surface area contributed by atoms with Gasteiger partial charge in [0, 0.05) is 5.56 Å². The van der Waals surface area contributed by atoms with E-state index < -0.39 is 5.82 Å². The van der Waals surface area contributed by atoms with E-state index in [0.29, 0.717) is 0 Å². The Labute approximate surface area is 84.4 Å². The molecule has 0 spiro atoms. The molecule has 1 rings (SSSR count). The number of nitrogens with two attached hydrogens (primary N) is 1. The molecule has 0 saturated carbocycles. The lowest BCUT2D eigenvalue weighted by molar-refractivity contribution is 0.102. The quantitative estimate of drug-likeness (QED) is 0.474. The zero-order valence-electron chi connectivity index (χ0n) is 6.48. The lowest BCUT2D eigenvalue weighted by Crippen LogP contribution is -2.03. The van der Waals surface area contributed by atoms with Crippen molar-refractivity contribution in [3.05, 3.63) is 28.5 Å². The van der Waals surface area contributed by atoms with E-state index in [9.17, 15) is 9.18 Å². The summed E-state index contributed by atoms with van der Waals surface area (Å²) in [5, 5.41) is -0.173. The Morgan fingerprint density at radius 2 is 2.15 bits per heavy atom. The number of halogens is 3. The highest BCUT2D eigenvalue weighted by molar-refractivity contribution is 6.33. The van der Waals surface area contributed by atoms with Gasteiger partial charge in [-0.3, -0.25) is 4.79 Å². The van der Waals surface area contributed by atoms with Gasteiger partial charge in [0.2, 0.25) is 0 Å². The smallest absolute Gasteiger partial charge is 0.177 e. The van der Waals surface area contributed by atoms with Crippen molar-refractivity contribution in [3.63, 3.8) is 0 Å². The maximum Gasteiger partial charge on any atom is 0.177 e. The molecule has 0 fully saturated rings. The Morgan fingerprint density at radius 1 is 1.54 bits per heavy atom. The first-order valence-electron chi connectivity index (χ1n) is 3.40. The lowest BCUT2D eigenvalue weighted by atomic mass is 10.1. The first kappa shape index (κ1) is 10.3. The Morgan fingerprint density at radius 3 is 2.62 bits per heavy atom. The molecule has 0 unspecified atom stereocenters. The predicted octanol–water partition coefficient (Wildman–Crippen LogP) is 2.48. The average molecular weight is 222 g/mol. The molecule has 0 atom stereocenters. The van der Waals surface area contributed by atoms with Crippen LogP contribution in [-0.4, -0.2) is 11.7 Å². The topological polar surface area (TPSA) is 43.1 Å². The van der Waals surface area contributed by atoms with Crippen LogP contribution in [0.1, 0.15) is 10.4 Å². The van der Waals surface area contributed by atoms with Gasteiger partial charge in [-0.05, 0) is 12.1 Å². The Hall–Kier alpha value is -0.800. The average Bonchev–Trinajstić information content (AvgIpc) is 2.12. The van der Waals surface area contributed by atoms with E-state index in [0.717, 1.165) is 0 Å². The van der Waals surface area contributed by atoms with E-state index in [1.165, 1.54) is 12.1 Å². The zero-order valence-corrected chi connectivity index (χ0v) is 7.99. The van der Waals surface area contributed by atoms with Crippen molar-refractivity contribution in [1.29, 1.82) is 0 Å². The lowest BCUT2D eigenvalue weighted by Gasteiger charge is -2.02. The molecular formula is C8H6Cl2FNO. The molecule has 5 heteroatoms. The number of carbonyl (C=O) groups excluding carboxylic acids is 1. The minimum absolute atomic E-state index is 0.152. The van der Waals surface area contributed by atoms with Crippen molar-refractivity contribution in [3.8, 4) is 0 Å². The van der Waals surface area contributed by atoms with Crippen molar-refractivity contribution in [2.45, 2.75) is 0 Å². The fourth-order valence-electron chi connectivity index (χ4n) is 0.848. The van der Waals surface area contributed by atoms with E-state index in [-0.39, 0.29) is 27.9 Å². The van der Waals surface area contributed by atoms with Gasteiger partial charge in [0.25, 0.3) is 0 Å². The molecule has 1 aromatic rings. The van der Waals surface area contributed by atoms with Gasteiger partial charge in [0.15, 0.2) is 11.6 Å². The molecule has 0 aliphatic heterocycles. The predicted molar refractivity (Wildman–Crippen MR) is 50.9 cm³/mol. The van der Waals surface area contributed by atoms with Crippen molar-refractivity contribution in [2.24, 2.45) is 0 Å². The SMILES string of the molecule is Nc1cc(C(=O)CCl)cc(Cl)c1F. The van der Waals surface area contributed by atoms with Crippen LogP contribution in [0.3, 0.4) is 0 Å². The van der Waals surface area contributed by atoms with Crippen molar-refractivity contribution >= 4 is 34.7 Å². The molecule has 13 heavy (non-hydrogen) atoms. The van der Waals surface area contributed by atoms with Crippen LogP contribution in [0, 0.1) is 5.82 Å². The van der Waals surface area contributed by atoms with E-state index in [2.05, 4.69) is 0 Å². The summed E-state index contributed by atoms with van der Waals surface area (Å²) in [7, 11) is 0. The van der Waals surface area contributed by atoms with Crippen LogP contribution in [0.4, 0.5) is 10.1 Å². The van der Waals surface area contributed by atoms with Crippen LogP contribution >= 0.6 is 23.2 Å². The van der Waals surface area contributed by atoms with Gasteiger partial charge in [-0.15, -0.1) is 11.6 Å². The second-order valence-corrected chi connectivity index (χ2v) is 3.09. The summed E-state index contributed by atoms with van der Waals surface area (Å²) in [6, 6.07) is 2.42. The summed E-state index contributed by atoms with van der Waals surface area (Å²) >= 11 is 10.8. The molecule has 0 aliphatic carbocycles. The maximum absolute atomic E-state index is 12.9. The van der Waals surface area contributed by atoms with Crippen LogP contribution < -0.4 is 5.73 Å². The summed E-state index contributed by atoms with van der Waals surface area (Å²) in [6.45, 7) is 0. The first-order valence-corrected chi connectivity index (χ1v) is 4.31. The molecule has 0 amide bonds. The minimum Gasteiger partial charge on any atom is -0.396 e. The number of carbonyl (C=O) groups is 1. The number of Topliss-reactive ketones (excluding diaryl/α,β-unsaturated/α-hetero) is 1. The third kappa shape index (κ3) is 2.11. The summed E-state index contributed by atoms with van der Waals surface area (Å²) in [4.78, 5) is 11.1. The summed E-state index contributed by atoms with van der Waals surface area (Å²) in [5.74, 6) is -1.23. The number of nitrogen functional groups attached to an aromatic ring is 1. The minimum atomic E-state index is -0.715. The third-order valence-corrected chi connectivity index (χ3v) is 2.02. The molecule has 70 valence electrons. The molecule has 0 aliphatic rings. The van der Waals surface area contributed by atoms with Crippen molar-refractivity contribution in [2.75, 3.05) is 11.6 Å². The molecule has 2 nitrogen and oxygen atoms in total. The Bertz CT molecular complexity index is 331. The molecule has 1 aromatic carbocycles. The Balaban J connectivity index is 3.20. The fourth-order valence-corrected chi connectivity index (χ4v) is 1.23. The number of anilines is 1. The number of alkyl halides is 1. The van der Waals surface area contributed by atoms with Crippen LogP contribution in [-0.2, 0) is 0 Å². The van der Waals surface area contributed by atoms with Gasteiger partial charge in [0.1, 0.15) is 0 Å². The summed E-state index contributed by atoms with van der Waals surface area (Å²) in [6.07, 6.45) is 0. The van der Waals surface area contributed by atoms with Gasteiger partial charge in [-0.25, -0.2) is 4.39 Å². The first-order chi connectivity index (χ1) is 6.06. The number of rotatable bonds is 2. The molecule has 0 aromatic heterocycles. The highest BCUT2D eigenvalue weighted by Crippen LogP contribution is 2.22. The van der Waals surface area contributed by atoms with Gasteiger partial charge in [-0.1, -0.05) is 11.6 Å². The van der Waals surface area contributed by atoms with Gasteiger partial charge >= 0.3 is 0 Å². The van der Waals surface area contributed by atoms with E-state index >= 15 is 0 Å².